The van der Waals surface area contributed by atoms with E-state index in [-0.39, 0.29) is 0 Å². The zero-order valence-corrected chi connectivity index (χ0v) is 12.4. The monoisotopic (exact) mass is 252 g/mol. The van der Waals surface area contributed by atoms with Crippen molar-refractivity contribution in [1.29, 1.82) is 0 Å². The molecule has 3 nitrogen and oxygen atoms in total. The normalized spacial score (nSPS) is 20.2. The number of nitrogens with zero attached hydrogens (tertiary/aromatic N) is 2. The Labute approximate surface area is 112 Å². The Morgan fingerprint density at radius 1 is 1.39 bits per heavy atom. The molecular formula is C15H28N2O. The lowest BCUT2D eigenvalue weighted by Crippen LogP contribution is -2.45. The van der Waals surface area contributed by atoms with E-state index in [2.05, 4.69) is 44.1 Å². The van der Waals surface area contributed by atoms with Gasteiger partial charge in [0.2, 0.25) is 0 Å². The van der Waals surface area contributed by atoms with Gasteiger partial charge >= 0.3 is 0 Å². The van der Waals surface area contributed by atoms with Crippen molar-refractivity contribution < 1.29 is 4.74 Å². The Morgan fingerprint density at radius 2 is 2.00 bits per heavy atom. The molecule has 0 saturated carbocycles. The van der Waals surface area contributed by atoms with E-state index in [1.54, 1.807) is 0 Å². The molecule has 1 aliphatic heterocycles. The second-order valence-electron chi connectivity index (χ2n) is 4.81. The van der Waals surface area contributed by atoms with Gasteiger partial charge in [-0.3, -0.25) is 4.90 Å². The maximum absolute atomic E-state index is 5.44. The van der Waals surface area contributed by atoms with Crippen molar-refractivity contribution in [3.05, 3.63) is 24.0 Å². The van der Waals surface area contributed by atoms with Crippen molar-refractivity contribution >= 4 is 0 Å². The largest absolute Gasteiger partial charge is 0.379 e. The lowest BCUT2D eigenvalue weighted by molar-refractivity contribution is 0.0229. The molecule has 1 fully saturated rings. The van der Waals surface area contributed by atoms with Gasteiger partial charge in [-0.25, -0.2) is 0 Å². The summed E-state index contributed by atoms with van der Waals surface area (Å²) in [5.74, 6) is 0. The molecule has 0 aliphatic carbocycles. The van der Waals surface area contributed by atoms with Gasteiger partial charge in [-0.1, -0.05) is 19.1 Å². The fourth-order valence-corrected chi connectivity index (χ4v) is 2.56. The number of allylic oxidation sites excluding steroid dienone is 1. The average molecular weight is 252 g/mol. The lowest BCUT2D eigenvalue weighted by atomic mass is 10.0. The Morgan fingerprint density at radius 3 is 2.44 bits per heavy atom. The zero-order chi connectivity index (χ0) is 13.5. The van der Waals surface area contributed by atoms with Gasteiger partial charge in [0.25, 0.3) is 0 Å². The topological polar surface area (TPSA) is 15.7 Å². The number of likely N-dealkylation sites (N-methyl/N-ethyl adjacent to an activating group) is 1. The highest BCUT2D eigenvalue weighted by Gasteiger charge is 2.23. The van der Waals surface area contributed by atoms with E-state index in [4.69, 9.17) is 4.74 Å². The van der Waals surface area contributed by atoms with Gasteiger partial charge in [0.15, 0.2) is 0 Å². The van der Waals surface area contributed by atoms with Crippen molar-refractivity contribution in [1.82, 2.24) is 9.80 Å². The molecule has 0 aromatic carbocycles. The molecule has 0 N–H and O–H groups in total. The van der Waals surface area contributed by atoms with Gasteiger partial charge in [0.05, 0.1) is 13.2 Å². The van der Waals surface area contributed by atoms with Gasteiger partial charge in [-0.2, -0.15) is 0 Å². The first-order valence-corrected chi connectivity index (χ1v) is 7.06. The standard InChI is InChI=1S/C15H28N2O/c1-6-13(4)15(16(7-2)8-3)14(5)17-9-11-18-12-10-17/h7,14H,2,6,8-12H2,1,3-5H3/b15-13-. The fourth-order valence-electron chi connectivity index (χ4n) is 2.56. The average Bonchev–Trinajstić information content (AvgIpc) is 2.44. The van der Waals surface area contributed by atoms with Crippen LogP contribution in [0.2, 0.25) is 0 Å². The molecule has 1 rings (SSSR count). The minimum absolute atomic E-state index is 0.437. The molecule has 1 aliphatic rings. The van der Waals surface area contributed by atoms with Crippen molar-refractivity contribution in [2.45, 2.75) is 40.2 Å². The minimum Gasteiger partial charge on any atom is -0.379 e. The third-order valence-electron chi connectivity index (χ3n) is 3.83. The van der Waals surface area contributed by atoms with Gasteiger partial charge < -0.3 is 9.64 Å². The van der Waals surface area contributed by atoms with Crippen molar-refractivity contribution in [3.8, 4) is 0 Å². The summed E-state index contributed by atoms with van der Waals surface area (Å²) in [6, 6.07) is 0.437. The molecule has 0 radical (unpaired) electrons. The molecule has 0 bridgehead atoms. The van der Waals surface area contributed by atoms with Gasteiger partial charge in [0.1, 0.15) is 0 Å². The van der Waals surface area contributed by atoms with E-state index in [0.29, 0.717) is 6.04 Å². The number of ether oxygens (including phenoxy) is 1. The summed E-state index contributed by atoms with van der Waals surface area (Å²) in [5, 5.41) is 0. The Hall–Kier alpha value is -0.800. The molecule has 1 unspecified atom stereocenters. The number of morpholine rings is 1. The first-order chi connectivity index (χ1) is 8.65. The van der Waals surface area contributed by atoms with Gasteiger partial charge in [-0.15, -0.1) is 0 Å². The summed E-state index contributed by atoms with van der Waals surface area (Å²) in [4.78, 5) is 4.78. The second kappa shape index (κ2) is 7.59. The van der Waals surface area contributed by atoms with E-state index in [1.165, 1.54) is 11.3 Å². The van der Waals surface area contributed by atoms with Crippen LogP contribution < -0.4 is 0 Å². The molecule has 18 heavy (non-hydrogen) atoms. The summed E-state index contributed by atoms with van der Waals surface area (Å²) in [7, 11) is 0. The highest BCUT2D eigenvalue weighted by Crippen LogP contribution is 2.22. The Balaban J connectivity index is 2.91. The van der Waals surface area contributed by atoms with Gasteiger partial charge in [0, 0.05) is 31.4 Å². The molecule has 104 valence electrons. The summed E-state index contributed by atoms with van der Waals surface area (Å²) in [5.41, 5.74) is 2.87. The molecular weight excluding hydrogens is 224 g/mol. The molecule has 0 amide bonds. The van der Waals surface area contributed by atoms with E-state index in [0.717, 1.165) is 39.3 Å². The van der Waals surface area contributed by atoms with Crippen LogP contribution in [0, 0.1) is 0 Å². The summed E-state index contributed by atoms with van der Waals surface area (Å²) in [6.45, 7) is 17.6. The van der Waals surface area contributed by atoms with E-state index in [9.17, 15) is 0 Å². The SMILES string of the molecule is C=CN(CC)/C(=C(/C)CC)C(C)N1CCOCC1. The highest BCUT2D eigenvalue weighted by molar-refractivity contribution is 5.19. The maximum atomic E-state index is 5.44. The molecule has 0 aromatic heterocycles. The number of hydrogen-bond acceptors (Lipinski definition) is 3. The van der Waals surface area contributed by atoms with Crippen molar-refractivity contribution in [2.75, 3.05) is 32.8 Å². The molecule has 1 atom stereocenters. The molecule has 1 heterocycles. The van der Waals surface area contributed by atoms with Crippen molar-refractivity contribution in [2.24, 2.45) is 0 Å². The molecule has 3 heteroatoms. The van der Waals surface area contributed by atoms with Crippen LogP contribution in [0.25, 0.3) is 0 Å². The second-order valence-corrected chi connectivity index (χ2v) is 4.81. The van der Waals surface area contributed by atoms with Crippen LogP contribution in [0.4, 0.5) is 0 Å². The predicted octanol–water partition coefficient (Wildman–Crippen LogP) is 2.86. The highest BCUT2D eigenvalue weighted by atomic mass is 16.5. The summed E-state index contributed by atoms with van der Waals surface area (Å²) >= 11 is 0. The number of hydrogen-bond donors (Lipinski definition) is 0. The minimum atomic E-state index is 0.437. The quantitative estimate of drug-likeness (QED) is 0.723. The van der Waals surface area contributed by atoms with E-state index < -0.39 is 0 Å². The summed E-state index contributed by atoms with van der Waals surface area (Å²) < 4.78 is 5.44. The van der Waals surface area contributed by atoms with Crippen LogP contribution >= 0.6 is 0 Å². The zero-order valence-electron chi connectivity index (χ0n) is 12.4. The third-order valence-corrected chi connectivity index (χ3v) is 3.83. The molecule has 0 aromatic rings. The first kappa shape index (κ1) is 15.3. The Bertz CT molecular complexity index is 293. The maximum Gasteiger partial charge on any atom is 0.0594 e. The van der Waals surface area contributed by atoms with Crippen molar-refractivity contribution in [3.63, 3.8) is 0 Å². The van der Waals surface area contributed by atoms with Crippen LogP contribution in [-0.2, 0) is 4.74 Å². The third kappa shape index (κ3) is 3.59. The molecule has 0 spiro atoms. The lowest BCUT2D eigenvalue weighted by Gasteiger charge is -2.38. The van der Waals surface area contributed by atoms with Gasteiger partial charge in [-0.05, 0) is 33.4 Å². The van der Waals surface area contributed by atoms with Crippen LogP contribution in [-0.4, -0.2) is 48.7 Å². The predicted molar refractivity (Wildman–Crippen MR) is 77.4 cm³/mol. The Kier molecular flexibility index (Phi) is 6.44. The fraction of sp³-hybridized carbons (Fsp3) is 0.733. The van der Waals surface area contributed by atoms with Crippen LogP contribution in [0.15, 0.2) is 24.0 Å². The number of rotatable bonds is 6. The first-order valence-electron chi connectivity index (χ1n) is 7.06. The molecule has 1 saturated heterocycles. The van der Waals surface area contributed by atoms with E-state index >= 15 is 0 Å². The van der Waals surface area contributed by atoms with E-state index in [1.807, 2.05) is 6.20 Å². The van der Waals surface area contributed by atoms with Crippen LogP contribution in [0.1, 0.15) is 34.1 Å². The summed E-state index contributed by atoms with van der Waals surface area (Å²) in [6.07, 6.45) is 3.04. The smallest absolute Gasteiger partial charge is 0.0594 e. The van der Waals surface area contributed by atoms with Crippen LogP contribution in [0.5, 0.6) is 0 Å². The van der Waals surface area contributed by atoms with Crippen LogP contribution in [0.3, 0.4) is 0 Å².